The number of hydrogen-bond donors (Lipinski definition) is 0. The van der Waals surface area contributed by atoms with Gasteiger partial charge >= 0.3 is 0 Å². The van der Waals surface area contributed by atoms with Crippen molar-refractivity contribution < 1.29 is 9.13 Å². The third kappa shape index (κ3) is 3.41. The van der Waals surface area contributed by atoms with Crippen molar-refractivity contribution >= 4 is 14.5 Å². The zero-order valence-corrected chi connectivity index (χ0v) is 9.03. The Bertz CT molecular complexity index is 286. The van der Waals surface area contributed by atoms with Crippen molar-refractivity contribution in [2.45, 2.75) is 26.6 Å². The summed E-state index contributed by atoms with van der Waals surface area (Å²) in [5, 5.41) is 0.862. The van der Waals surface area contributed by atoms with Crippen LogP contribution in [0.1, 0.15) is 19.4 Å². The Kier molecular flexibility index (Phi) is 3.83. The van der Waals surface area contributed by atoms with Gasteiger partial charge in [0.25, 0.3) is 0 Å². The Morgan fingerprint density at radius 1 is 1.46 bits per heavy atom. The Morgan fingerprint density at radius 3 is 2.69 bits per heavy atom. The van der Waals surface area contributed by atoms with Crippen molar-refractivity contribution in [3.63, 3.8) is 0 Å². The first-order valence-corrected chi connectivity index (χ1v) is 4.83. The third-order valence-corrected chi connectivity index (χ3v) is 2.22. The highest BCUT2D eigenvalue weighted by Crippen LogP contribution is 2.06. The molecule has 1 aromatic rings. The van der Waals surface area contributed by atoms with Crippen LogP contribution in [0.3, 0.4) is 0 Å². The van der Waals surface area contributed by atoms with Gasteiger partial charge in [0.15, 0.2) is 0 Å². The van der Waals surface area contributed by atoms with Crippen LogP contribution in [0, 0.1) is 5.82 Å². The normalized spacial score (nSPS) is 10.8. The number of benzene rings is 1. The molecule has 0 saturated heterocycles. The summed E-state index contributed by atoms with van der Waals surface area (Å²) in [6.45, 7) is 4.49. The Labute approximate surface area is 80.5 Å². The van der Waals surface area contributed by atoms with Crippen molar-refractivity contribution in [3.05, 3.63) is 29.6 Å². The molecule has 0 heterocycles. The molecule has 3 heteroatoms. The lowest BCUT2D eigenvalue weighted by atomic mass is 10.2. The lowest BCUT2D eigenvalue weighted by Crippen LogP contribution is -2.08. The SMILES string of the molecule is CC(C)OCc1ccc(F)cc1P. The molecule has 1 atom stereocenters. The van der Waals surface area contributed by atoms with E-state index in [1.165, 1.54) is 12.1 Å². The minimum Gasteiger partial charge on any atom is -0.374 e. The zero-order chi connectivity index (χ0) is 9.84. The first-order valence-electron chi connectivity index (χ1n) is 4.25. The number of rotatable bonds is 3. The van der Waals surface area contributed by atoms with Crippen LogP contribution in [0.2, 0.25) is 0 Å². The van der Waals surface area contributed by atoms with Gasteiger partial charge < -0.3 is 4.74 Å². The van der Waals surface area contributed by atoms with Crippen molar-refractivity contribution in [2.24, 2.45) is 0 Å². The van der Waals surface area contributed by atoms with E-state index in [-0.39, 0.29) is 11.9 Å². The summed E-state index contributed by atoms with van der Waals surface area (Å²) >= 11 is 0. The molecule has 0 aliphatic heterocycles. The van der Waals surface area contributed by atoms with Crippen LogP contribution >= 0.6 is 9.24 Å². The van der Waals surface area contributed by atoms with Gasteiger partial charge in [-0.15, -0.1) is 9.24 Å². The van der Waals surface area contributed by atoms with E-state index in [4.69, 9.17) is 4.74 Å². The molecule has 0 fully saturated rings. The van der Waals surface area contributed by atoms with Gasteiger partial charge in [0.05, 0.1) is 12.7 Å². The van der Waals surface area contributed by atoms with Crippen LogP contribution in [-0.4, -0.2) is 6.10 Å². The maximum atomic E-state index is 12.7. The first kappa shape index (κ1) is 10.6. The number of ether oxygens (including phenoxy) is 1. The summed E-state index contributed by atoms with van der Waals surface area (Å²) in [7, 11) is 2.51. The lowest BCUT2D eigenvalue weighted by Gasteiger charge is -2.09. The highest BCUT2D eigenvalue weighted by molar-refractivity contribution is 7.27. The molecule has 0 saturated carbocycles. The fraction of sp³-hybridized carbons (Fsp3) is 0.400. The van der Waals surface area contributed by atoms with Crippen molar-refractivity contribution in [3.8, 4) is 0 Å². The van der Waals surface area contributed by atoms with Crippen molar-refractivity contribution in [1.82, 2.24) is 0 Å². The van der Waals surface area contributed by atoms with Crippen molar-refractivity contribution in [2.75, 3.05) is 0 Å². The summed E-state index contributed by atoms with van der Waals surface area (Å²) in [4.78, 5) is 0. The van der Waals surface area contributed by atoms with Gasteiger partial charge in [0, 0.05) is 0 Å². The summed E-state index contributed by atoms with van der Waals surface area (Å²) in [6.07, 6.45) is 0.203. The quantitative estimate of drug-likeness (QED) is 0.680. The van der Waals surface area contributed by atoms with E-state index in [1.54, 1.807) is 6.07 Å². The van der Waals surface area contributed by atoms with Gasteiger partial charge in [-0.2, -0.15) is 0 Å². The summed E-state index contributed by atoms with van der Waals surface area (Å²) < 4.78 is 18.1. The van der Waals surface area contributed by atoms with Crippen molar-refractivity contribution in [1.29, 1.82) is 0 Å². The molecule has 0 bridgehead atoms. The second-order valence-electron chi connectivity index (χ2n) is 3.20. The molecule has 13 heavy (non-hydrogen) atoms. The highest BCUT2D eigenvalue weighted by atomic mass is 31.0. The van der Waals surface area contributed by atoms with Gasteiger partial charge in [0.1, 0.15) is 5.82 Å². The molecule has 0 spiro atoms. The van der Waals surface area contributed by atoms with Crippen LogP contribution in [0.5, 0.6) is 0 Å². The van der Waals surface area contributed by atoms with Gasteiger partial charge in [-0.1, -0.05) is 6.07 Å². The van der Waals surface area contributed by atoms with Crippen LogP contribution in [0.25, 0.3) is 0 Å². The van der Waals surface area contributed by atoms with E-state index in [9.17, 15) is 4.39 Å². The number of hydrogen-bond acceptors (Lipinski definition) is 1. The molecular weight excluding hydrogens is 186 g/mol. The Hall–Kier alpha value is -0.460. The van der Waals surface area contributed by atoms with Gasteiger partial charge in [-0.25, -0.2) is 4.39 Å². The molecule has 1 rings (SSSR count). The van der Waals surface area contributed by atoms with Crippen LogP contribution < -0.4 is 5.30 Å². The molecule has 0 amide bonds. The third-order valence-electron chi connectivity index (χ3n) is 1.68. The maximum Gasteiger partial charge on any atom is 0.123 e. The molecule has 1 nitrogen and oxygen atoms in total. The monoisotopic (exact) mass is 200 g/mol. The van der Waals surface area contributed by atoms with Crippen LogP contribution in [0.4, 0.5) is 4.39 Å². The van der Waals surface area contributed by atoms with E-state index in [1.807, 2.05) is 13.8 Å². The predicted molar refractivity (Wildman–Crippen MR) is 55.7 cm³/mol. The zero-order valence-electron chi connectivity index (χ0n) is 7.88. The molecule has 1 aromatic carbocycles. The summed E-state index contributed by atoms with van der Waals surface area (Å²) in [6, 6.07) is 4.69. The molecule has 0 N–H and O–H groups in total. The Morgan fingerprint density at radius 2 is 2.15 bits per heavy atom. The second kappa shape index (κ2) is 4.69. The van der Waals surface area contributed by atoms with Gasteiger partial charge in [0.2, 0.25) is 0 Å². The van der Waals surface area contributed by atoms with Crippen LogP contribution in [0.15, 0.2) is 18.2 Å². The largest absolute Gasteiger partial charge is 0.374 e. The number of halogens is 1. The minimum atomic E-state index is -0.210. The summed E-state index contributed by atoms with van der Waals surface area (Å²) in [5.41, 5.74) is 1.01. The molecule has 1 unspecified atom stereocenters. The van der Waals surface area contributed by atoms with Gasteiger partial charge in [-0.3, -0.25) is 0 Å². The fourth-order valence-electron chi connectivity index (χ4n) is 0.954. The Balaban J connectivity index is 2.67. The molecule has 72 valence electrons. The fourth-order valence-corrected chi connectivity index (χ4v) is 1.29. The predicted octanol–water partition coefficient (Wildman–Crippen LogP) is 2.25. The highest BCUT2D eigenvalue weighted by Gasteiger charge is 2.01. The van der Waals surface area contributed by atoms with Crippen LogP contribution in [-0.2, 0) is 11.3 Å². The van der Waals surface area contributed by atoms with E-state index >= 15 is 0 Å². The molecule has 0 radical (unpaired) electrons. The average molecular weight is 200 g/mol. The smallest absolute Gasteiger partial charge is 0.123 e. The minimum absolute atomic E-state index is 0.203. The standard InChI is InChI=1S/C10H14FOP/c1-7(2)12-6-8-3-4-9(11)5-10(8)13/h3-5,7H,6,13H2,1-2H3. The first-order chi connectivity index (χ1) is 6.09. The summed E-state index contributed by atoms with van der Waals surface area (Å²) in [5.74, 6) is -0.210. The second-order valence-corrected chi connectivity index (χ2v) is 3.82. The van der Waals surface area contributed by atoms with Gasteiger partial charge in [-0.05, 0) is 36.8 Å². The average Bonchev–Trinajstić information content (AvgIpc) is 2.02. The van der Waals surface area contributed by atoms with E-state index in [2.05, 4.69) is 9.24 Å². The van der Waals surface area contributed by atoms with E-state index < -0.39 is 0 Å². The molecule has 0 aliphatic rings. The van der Waals surface area contributed by atoms with E-state index in [0.717, 1.165) is 10.9 Å². The molecule has 0 aromatic heterocycles. The topological polar surface area (TPSA) is 9.23 Å². The molecule has 0 aliphatic carbocycles. The lowest BCUT2D eigenvalue weighted by molar-refractivity contribution is 0.0662. The molecular formula is C10H14FOP. The van der Waals surface area contributed by atoms with E-state index in [0.29, 0.717) is 6.61 Å². The maximum absolute atomic E-state index is 12.7.